The van der Waals surface area contributed by atoms with Crippen molar-refractivity contribution in [1.29, 1.82) is 0 Å². The first-order valence-electron chi connectivity index (χ1n) is 9.37. The Morgan fingerprint density at radius 1 is 1.15 bits per heavy atom. The number of hydrogen-bond donors (Lipinski definition) is 1. The van der Waals surface area contributed by atoms with Gasteiger partial charge in [-0.05, 0) is 36.6 Å². The minimum absolute atomic E-state index is 0.0822. The van der Waals surface area contributed by atoms with Gasteiger partial charge < -0.3 is 20.1 Å². The molecular formula is C22H28N2O3. The topological polar surface area (TPSA) is 64.8 Å². The quantitative estimate of drug-likeness (QED) is 0.774. The lowest BCUT2D eigenvalue weighted by atomic mass is 9.94. The lowest BCUT2D eigenvalue weighted by Gasteiger charge is -2.29. The van der Waals surface area contributed by atoms with Crippen LogP contribution in [0.3, 0.4) is 0 Å². The highest BCUT2D eigenvalue weighted by Gasteiger charge is 2.36. The molecule has 1 aliphatic carbocycles. The van der Waals surface area contributed by atoms with Crippen LogP contribution in [0, 0.1) is 5.92 Å². The molecule has 1 saturated carbocycles. The molecule has 0 spiro atoms. The van der Waals surface area contributed by atoms with E-state index in [1.165, 1.54) is 0 Å². The number of carbonyl (C=O) groups is 1. The van der Waals surface area contributed by atoms with Gasteiger partial charge in [0.25, 0.3) is 0 Å². The Labute approximate surface area is 161 Å². The summed E-state index contributed by atoms with van der Waals surface area (Å²) < 4.78 is 10.8. The third-order valence-electron chi connectivity index (χ3n) is 5.21. The monoisotopic (exact) mass is 368 g/mol. The van der Waals surface area contributed by atoms with Crippen LogP contribution in [0.1, 0.15) is 36.9 Å². The van der Waals surface area contributed by atoms with E-state index in [0.717, 1.165) is 35.5 Å². The summed E-state index contributed by atoms with van der Waals surface area (Å²) >= 11 is 0. The fourth-order valence-electron chi connectivity index (χ4n) is 3.34. The lowest BCUT2D eigenvalue weighted by molar-refractivity contribution is -0.137. The van der Waals surface area contributed by atoms with Crippen molar-refractivity contribution in [1.82, 2.24) is 4.90 Å². The molecule has 2 N–H and O–H groups in total. The summed E-state index contributed by atoms with van der Waals surface area (Å²) in [5, 5.41) is 0. The minimum Gasteiger partial charge on any atom is -0.497 e. The van der Waals surface area contributed by atoms with Crippen LogP contribution in [-0.4, -0.2) is 31.1 Å². The maximum Gasteiger partial charge on any atom is 0.227 e. The number of benzene rings is 2. The van der Waals surface area contributed by atoms with E-state index in [2.05, 4.69) is 0 Å². The summed E-state index contributed by atoms with van der Waals surface area (Å²) in [5.74, 6) is 1.29. The number of nitrogens with zero attached hydrogens (tertiary/aromatic N) is 1. The molecule has 2 unspecified atom stereocenters. The fraction of sp³-hybridized carbons (Fsp3) is 0.409. The number of methoxy groups -OCH3 is 2. The van der Waals surface area contributed by atoms with Gasteiger partial charge in [0, 0.05) is 24.2 Å². The molecule has 2 atom stereocenters. The maximum absolute atomic E-state index is 13.3. The number of hydrogen-bond acceptors (Lipinski definition) is 4. The summed E-state index contributed by atoms with van der Waals surface area (Å²) in [4.78, 5) is 15.2. The third kappa shape index (κ3) is 4.42. The van der Waals surface area contributed by atoms with Gasteiger partial charge in [0.2, 0.25) is 5.91 Å². The Morgan fingerprint density at radius 2 is 1.85 bits per heavy atom. The molecule has 5 nitrogen and oxygen atoms in total. The van der Waals surface area contributed by atoms with E-state index in [-0.39, 0.29) is 23.9 Å². The Bertz CT molecular complexity index is 774. The van der Waals surface area contributed by atoms with Crippen molar-refractivity contribution in [2.75, 3.05) is 14.2 Å². The highest BCUT2D eigenvalue weighted by Crippen LogP contribution is 2.34. The van der Waals surface area contributed by atoms with Crippen LogP contribution < -0.4 is 15.2 Å². The van der Waals surface area contributed by atoms with Gasteiger partial charge in [-0.2, -0.15) is 0 Å². The van der Waals surface area contributed by atoms with E-state index >= 15 is 0 Å². The number of amides is 1. The molecule has 1 amide bonds. The minimum atomic E-state index is -0.327. The van der Waals surface area contributed by atoms with Gasteiger partial charge in [0.1, 0.15) is 11.5 Å². The summed E-state index contributed by atoms with van der Waals surface area (Å²) in [5.41, 5.74) is 8.32. The van der Waals surface area contributed by atoms with E-state index in [4.69, 9.17) is 15.2 Å². The summed E-state index contributed by atoms with van der Waals surface area (Å²) in [7, 11) is 3.28. The molecule has 3 rings (SSSR count). The predicted octanol–water partition coefficient (Wildman–Crippen LogP) is 3.53. The average molecular weight is 368 g/mol. The Hall–Kier alpha value is -2.53. The molecule has 0 aromatic heterocycles. The van der Waals surface area contributed by atoms with E-state index in [0.29, 0.717) is 6.54 Å². The van der Waals surface area contributed by atoms with E-state index in [1.807, 2.05) is 60.4 Å². The molecule has 0 heterocycles. The second-order valence-corrected chi connectivity index (χ2v) is 7.10. The summed E-state index contributed by atoms with van der Waals surface area (Å²) in [6, 6.07) is 15.4. The SMILES string of the molecule is COc1ccc(OC)c(CN(C(=O)C(C)C(N)c2ccccc2)C2CC2)c1. The zero-order valence-corrected chi connectivity index (χ0v) is 16.2. The number of nitrogens with two attached hydrogens (primary N) is 1. The second-order valence-electron chi connectivity index (χ2n) is 7.10. The van der Waals surface area contributed by atoms with Crippen LogP contribution in [0.4, 0.5) is 0 Å². The van der Waals surface area contributed by atoms with E-state index < -0.39 is 0 Å². The van der Waals surface area contributed by atoms with Crippen molar-refractivity contribution in [3.8, 4) is 11.5 Å². The molecule has 0 aliphatic heterocycles. The van der Waals surface area contributed by atoms with Gasteiger partial charge in [-0.3, -0.25) is 4.79 Å². The summed E-state index contributed by atoms with van der Waals surface area (Å²) in [6.07, 6.45) is 2.07. The van der Waals surface area contributed by atoms with Crippen molar-refractivity contribution in [3.05, 3.63) is 59.7 Å². The molecule has 0 radical (unpaired) electrons. The van der Waals surface area contributed by atoms with Gasteiger partial charge in [-0.15, -0.1) is 0 Å². The average Bonchev–Trinajstić information content (AvgIpc) is 3.56. The van der Waals surface area contributed by atoms with Gasteiger partial charge in [-0.25, -0.2) is 0 Å². The van der Waals surface area contributed by atoms with Crippen LogP contribution in [-0.2, 0) is 11.3 Å². The number of rotatable bonds is 8. The van der Waals surface area contributed by atoms with Crippen molar-refractivity contribution in [3.63, 3.8) is 0 Å². The molecule has 1 aliphatic rings. The maximum atomic E-state index is 13.3. The standard InChI is InChI=1S/C22H28N2O3/c1-15(21(23)16-7-5-4-6-8-16)22(25)24(18-9-10-18)14-17-13-19(26-2)11-12-20(17)27-3/h4-8,11-13,15,18,21H,9-10,14,23H2,1-3H3. The second kappa shape index (κ2) is 8.44. The first-order chi connectivity index (χ1) is 13.0. The molecule has 0 saturated heterocycles. The highest BCUT2D eigenvalue weighted by atomic mass is 16.5. The Balaban J connectivity index is 1.80. The summed E-state index contributed by atoms with van der Waals surface area (Å²) in [6.45, 7) is 2.41. The van der Waals surface area contributed by atoms with Crippen LogP contribution in [0.2, 0.25) is 0 Å². The lowest BCUT2D eigenvalue weighted by Crippen LogP contribution is -2.40. The first-order valence-corrected chi connectivity index (χ1v) is 9.37. The molecule has 2 aromatic rings. The van der Waals surface area contributed by atoms with Crippen molar-refractivity contribution >= 4 is 5.91 Å². The number of carbonyl (C=O) groups excluding carboxylic acids is 1. The smallest absolute Gasteiger partial charge is 0.227 e. The first kappa shape index (κ1) is 19.2. The molecule has 27 heavy (non-hydrogen) atoms. The zero-order valence-electron chi connectivity index (χ0n) is 16.2. The van der Waals surface area contributed by atoms with E-state index in [1.54, 1.807) is 14.2 Å². The predicted molar refractivity (Wildman–Crippen MR) is 106 cm³/mol. The fourth-order valence-corrected chi connectivity index (χ4v) is 3.34. The van der Waals surface area contributed by atoms with Crippen molar-refractivity contribution < 1.29 is 14.3 Å². The molecule has 1 fully saturated rings. The largest absolute Gasteiger partial charge is 0.497 e. The Morgan fingerprint density at radius 3 is 2.44 bits per heavy atom. The molecule has 144 valence electrons. The molecule has 2 aromatic carbocycles. The molecule has 0 bridgehead atoms. The Kier molecular flexibility index (Phi) is 6.01. The number of ether oxygens (including phenoxy) is 2. The van der Waals surface area contributed by atoms with Gasteiger partial charge in [0.05, 0.1) is 20.1 Å². The third-order valence-corrected chi connectivity index (χ3v) is 5.21. The van der Waals surface area contributed by atoms with Crippen LogP contribution in [0.25, 0.3) is 0 Å². The van der Waals surface area contributed by atoms with Crippen LogP contribution >= 0.6 is 0 Å². The van der Waals surface area contributed by atoms with Crippen molar-refractivity contribution in [2.45, 2.75) is 38.4 Å². The molecular weight excluding hydrogens is 340 g/mol. The van der Waals surface area contributed by atoms with Crippen LogP contribution in [0.15, 0.2) is 48.5 Å². The van der Waals surface area contributed by atoms with E-state index in [9.17, 15) is 4.79 Å². The normalized spacial score (nSPS) is 15.7. The zero-order chi connectivity index (χ0) is 19.4. The van der Waals surface area contributed by atoms with Gasteiger partial charge >= 0.3 is 0 Å². The van der Waals surface area contributed by atoms with Crippen LogP contribution in [0.5, 0.6) is 11.5 Å². The van der Waals surface area contributed by atoms with Gasteiger partial charge in [0.15, 0.2) is 0 Å². The van der Waals surface area contributed by atoms with Crippen molar-refractivity contribution in [2.24, 2.45) is 11.7 Å². The molecule has 5 heteroatoms. The van der Waals surface area contributed by atoms with Gasteiger partial charge in [-0.1, -0.05) is 37.3 Å². The highest BCUT2D eigenvalue weighted by molar-refractivity contribution is 5.80.